The van der Waals surface area contributed by atoms with Crippen LogP contribution in [0.15, 0.2) is 0 Å². The first kappa shape index (κ1) is 16.8. The fourth-order valence-electron chi connectivity index (χ4n) is 1.92. The molecule has 0 aromatic rings. The number of rotatable bonds is 7. The molecule has 0 amide bonds. The predicted molar refractivity (Wildman–Crippen MR) is 72.0 cm³/mol. The second kappa shape index (κ2) is 6.69. The van der Waals surface area contributed by atoms with Crippen LogP contribution < -0.4 is 5.73 Å². The van der Waals surface area contributed by atoms with E-state index in [0.29, 0.717) is 6.54 Å². The Morgan fingerprint density at radius 3 is 1.88 bits per heavy atom. The van der Waals surface area contributed by atoms with E-state index in [1.165, 1.54) is 0 Å². The predicted octanol–water partition coefficient (Wildman–Crippen LogP) is 1.69. The van der Waals surface area contributed by atoms with Crippen LogP contribution in [0.5, 0.6) is 0 Å². The quantitative estimate of drug-likeness (QED) is 0.695. The Morgan fingerprint density at radius 1 is 1.12 bits per heavy atom. The van der Waals surface area contributed by atoms with Crippen LogP contribution in [0.25, 0.3) is 0 Å². The Kier molecular flexibility index (Phi) is 6.62. The van der Waals surface area contributed by atoms with Gasteiger partial charge in [0, 0.05) is 39.3 Å². The van der Waals surface area contributed by atoms with Crippen molar-refractivity contribution in [3.8, 4) is 0 Å². The molecule has 4 nitrogen and oxygen atoms in total. The van der Waals surface area contributed by atoms with Crippen molar-refractivity contribution in [3.05, 3.63) is 0 Å². The smallest absolute Gasteiger partial charge is 0.158 e. The molecule has 0 saturated carbocycles. The largest absolute Gasteiger partial charge is 0.356 e. The summed E-state index contributed by atoms with van der Waals surface area (Å²) in [5.41, 5.74) is 6.08. The lowest BCUT2D eigenvalue weighted by Crippen LogP contribution is -2.54. The molecule has 0 fully saturated rings. The minimum Gasteiger partial charge on any atom is -0.356 e. The molecule has 4 heteroatoms. The molecule has 104 valence electrons. The van der Waals surface area contributed by atoms with Crippen LogP contribution in [0.2, 0.25) is 0 Å². The van der Waals surface area contributed by atoms with Crippen molar-refractivity contribution in [1.29, 1.82) is 0 Å². The molecule has 0 rings (SSSR count). The van der Waals surface area contributed by atoms with Gasteiger partial charge in [-0.15, -0.1) is 0 Å². The van der Waals surface area contributed by atoms with E-state index in [-0.39, 0.29) is 17.2 Å². The van der Waals surface area contributed by atoms with Crippen LogP contribution in [0.3, 0.4) is 0 Å². The van der Waals surface area contributed by atoms with Crippen molar-refractivity contribution in [2.75, 3.05) is 34.4 Å². The van der Waals surface area contributed by atoms with Gasteiger partial charge in [0.15, 0.2) is 6.29 Å². The summed E-state index contributed by atoms with van der Waals surface area (Å²) in [6.45, 7) is 10.4. The first-order chi connectivity index (χ1) is 7.68. The van der Waals surface area contributed by atoms with Gasteiger partial charge in [0.1, 0.15) is 0 Å². The molecule has 0 aromatic heterocycles. The third-order valence-electron chi connectivity index (χ3n) is 3.21. The van der Waals surface area contributed by atoms with Gasteiger partial charge in [-0.1, -0.05) is 20.8 Å². The van der Waals surface area contributed by atoms with E-state index < -0.39 is 0 Å². The van der Waals surface area contributed by atoms with Gasteiger partial charge >= 0.3 is 0 Å². The average Bonchev–Trinajstić information content (AvgIpc) is 2.23. The minimum atomic E-state index is -0.203. The fraction of sp³-hybridized carbons (Fsp3) is 1.00. The van der Waals surface area contributed by atoms with Gasteiger partial charge in [0.25, 0.3) is 0 Å². The molecule has 1 unspecified atom stereocenters. The van der Waals surface area contributed by atoms with Gasteiger partial charge < -0.3 is 15.2 Å². The zero-order valence-electron chi connectivity index (χ0n) is 12.5. The molecule has 0 bridgehead atoms. The molecule has 17 heavy (non-hydrogen) atoms. The second-order valence-electron chi connectivity index (χ2n) is 6.22. The van der Waals surface area contributed by atoms with Crippen molar-refractivity contribution in [3.63, 3.8) is 0 Å². The fourth-order valence-corrected chi connectivity index (χ4v) is 1.92. The Hall–Kier alpha value is -0.160. The maximum Gasteiger partial charge on any atom is 0.158 e. The summed E-state index contributed by atoms with van der Waals surface area (Å²) < 4.78 is 10.5. The van der Waals surface area contributed by atoms with Crippen LogP contribution >= 0.6 is 0 Å². The summed E-state index contributed by atoms with van der Waals surface area (Å²) in [6.07, 6.45) is 0.564. The molecule has 0 heterocycles. The topological polar surface area (TPSA) is 47.7 Å². The Morgan fingerprint density at radius 2 is 1.59 bits per heavy atom. The first-order valence-electron chi connectivity index (χ1n) is 6.15. The van der Waals surface area contributed by atoms with E-state index in [1.807, 2.05) is 0 Å². The molecule has 1 atom stereocenters. The first-order valence-corrected chi connectivity index (χ1v) is 6.15. The molecule has 0 aromatic carbocycles. The van der Waals surface area contributed by atoms with E-state index in [2.05, 4.69) is 39.6 Å². The third kappa shape index (κ3) is 5.82. The van der Waals surface area contributed by atoms with Crippen molar-refractivity contribution in [2.24, 2.45) is 11.1 Å². The maximum atomic E-state index is 5.93. The van der Waals surface area contributed by atoms with Gasteiger partial charge in [-0.3, -0.25) is 4.90 Å². The average molecular weight is 246 g/mol. The molecule has 0 saturated heterocycles. The van der Waals surface area contributed by atoms with Gasteiger partial charge in [0.2, 0.25) is 0 Å². The number of hydrogen-bond acceptors (Lipinski definition) is 4. The lowest BCUT2D eigenvalue weighted by molar-refractivity contribution is -0.128. The normalized spacial score (nSPS) is 16.6. The summed E-state index contributed by atoms with van der Waals surface area (Å²) >= 11 is 0. The second-order valence-corrected chi connectivity index (χ2v) is 6.22. The third-order valence-corrected chi connectivity index (χ3v) is 3.21. The highest BCUT2D eigenvalue weighted by molar-refractivity contribution is 4.88. The Labute approximate surface area is 106 Å². The van der Waals surface area contributed by atoms with Crippen molar-refractivity contribution in [1.82, 2.24) is 4.90 Å². The van der Waals surface area contributed by atoms with E-state index in [4.69, 9.17) is 15.2 Å². The zero-order valence-corrected chi connectivity index (χ0v) is 12.5. The summed E-state index contributed by atoms with van der Waals surface area (Å²) in [6, 6.07) is 0. The van der Waals surface area contributed by atoms with Gasteiger partial charge in [-0.25, -0.2) is 0 Å². The van der Waals surface area contributed by atoms with Crippen molar-refractivity contribution >= 4 is 0 Å². The molecular formula is C13H30N2O2. The van der Waals surface area contributed by atoms with Crippen LogP contribution in [0.4, 0.5) is 0 Å². The van der Waals surface area contributed by atoms with E-state index in [9.17, 15) is 0 Å². The molecule has 0 aliphatic carbocycles. The molecule has 0 radical (unpaired) electrons. The van der Waals surface area contributed by atoms with Crippen molar-refractivity contribution < 1.29 is 9.47 Å². The number of nitrogens with two attached hydrogens (primary N) is 1. The highest BCUT2D eigenvalue weighted by atomic mass is 16.7. The zero-order chi connectivity index (χ0) is 13.7. The molecule has 2 N–H and O–H groups in total. The minimum absolute atomic E-state index is 0.107. The summed E-state index contributed by atoms with van der Waals surface area (Å²) in [5.74, 6) is 0. The monoisotopic (exact) mass is 246 g/mol. The van der Waals surface area contributed by atoms with E-state index in [0.717, 1.165) is 13.0 Å². The van der Waals surface area contributed by atoms with Gasteiger partial charge in [0.05, 0.1) is 0 Å². The molecule has 0 aliphatic rings. The van der Waals surface area contributed by atoms with Crippen LogP contribution in [0.1, 0.15) is 34.1 Å². The Bertz CT molecular complexity index is 212. The highest BCUT2D eigenvalue weighted by Crippen LogP contribution is 2.25. The number of hydrogen-bond donors (Lipinski definition) is 1. The van der Waals surface area contributed by atoms with Crippen LogP contribution in [0, 0.1) is 5.41 Å². The molecule has 0 spiro atoms. The van der Waals surface area contributed by atoms with Crippen LogP contribution in [-0.4, -0.2) is 51.1 Å². The summed E-state index contributed by atoms with van der Waals surface area (Å²) in [7, 11) is 5.43. The molecular weight excluding hydrogens is 216 g/mol. The lowest BCUT2D eigenvalue weighted by Gasteiger charge is -2.42. The van der Waals surface area contributed by atoms with E-state index in [1.54, 1.807) is 14.2 Å². The van der Waals surface area contributed by atoms with Crippen LogP contribution in [-0.2, 0) is 9.47 Å². The standard InChI is InChI=1S/C13H30N2O2/c1-12(2,3)10-15(5)13(4,9-14)8-11(16-6)17-7/h11H,8-10,14H2,1-7H3. The number of methoxy groups -OCH3 is 2. The molecule has 0 aliphatic heterocycles. The number of nitrogens with zero attached hydrogens (tertiary/aromatic N) is 1. The highest BCUT2D eigenvalue weighted by Gasteiger charge is 2.33. The summed E-state index contributed by atoms with van der Waals surface area (Å²) in [4.78, 5) is 2.30. The van der Waals surface area contributed by atoms with Gasteiger partial charge in [-0.2, -0.15) is 0 Å². The number of likely N-dealkylation sites (N-methyl/N-ethyl adjacent to an activating group) is 1. The van der Waals surface area contributed by atoms with Crippen molar-refractivity contribution in [2.45, 2.75) is 45.9 Å². The summed E-state index contributed by atoms with van der Waals surface area (Å²) in [5, 5.41) is 0. The maximum absolute atomic E-state index is 5.93. The SMILES string of the molecule is COC(CC(C)(CN)N(C)CC(C)(C)C)OC. The lowest BCUT2D eigenvalue weighted by atomic mass is 9.90. The van der Waals surface area contributed by atoms with Gasteiger partial charge in [-0.05, 0) is 19.4 Å². The number of ether oxygens (including phenoxy) is 2. The van der Waals surface area contributed by atoms with E-state index >= 15 is 0 Å². The Balaban J connectivity index is 4.64.